The lowest BCUT2D eigenvalue weighted by Gasteiger charge is -2.31. The van der Waals surface area contributed by atoms with Gasteiger partial charge in [0.2, 0.25) is 10.0 Å². The molecule has 0 aliphatic carbocycles. The van der Waals surface area contributed by atoms with Crippen LogP contribution in [0.4, 0.5) is 0 Å². The number of carbonyl (C=O) groups excluding carboxylic acids is 2. The van der Waals surface area contributed by atoms with Crippen LogP contribution in [0.1, 0.15) is 41.3 Å². The first-order valence-electron chi connectivity index (χ1n) is 8.17. The summed E-state index contributed by atoms with van der Waals surface area (Å²) >= 11 is 0. The highest BCUT2D eigenvalue weighted by Crippen LogP contribution is 2.23. The molecule has 1 aromatic carbocycles. The first-order chi connectivity index (χ1) is 11.7. The Balaban J connectivity index is 2.22. The minimum atomic E-state index is -3.64. The monoisotopic (exact) mass is 368 g/mol. The van der Waals surface area contributed by atoms with E-state index in [9.17, 15) is 18.0 Å². The van der Waals surface area contributed by atoms with Gasteiger partial charge in [0.05, 0.1) is 4.90 Å². The van der Waals surface area contributed by atoms with Crippen LogP contribution in [0, 0.1) is 13.8 Å². The molecule has 0 radical (unpaired) electrons. The molecule has 1 N–H and O–H groups in total. The number of amides is 1. The number of sulfonamides is 1. The number of ether oxygens (including phenoxy) is 1. The highest BCUT2D eigenvalue weighted by Gasteiger charge is 2.27. The number of benzene rings is 1. The summed E-state index contributed by atoms with van der Waals surface area (Å²) in [5, 5.41) is 0. The Morgan fingerprint density at radius 3 is 2.32 bits per heavy atom. The van der Waals surface area contributed by atoms with Gasteiger partial charge in [-0.05, 0) is 44.2 Å². The fraction of sp³-hybridized carbons (Fsp3) is 0.529. The lowest BCUT2D eigenvalue weighted by Crippen LogP contribution is -2.41. The van der Waals surface area contributed by atoms with Crippen molar-refractivity contribution in [1.29, 1.82) is 0 Å². The molecule has 1 aliphatic heterocycles. The van der Waals surface area contributed by atoms with Gasteiger partial charge in [0.15, 0.2) is 0 Å². The van der Waals surface area contributed by atoms with Gasteiger partial charge in [0.1, 0.15) is 6.10 Å². The molecule has 0 atom stereocenters. The van der Waals surface area contributed by atoms with Gasteiger partial charge < -0.3 is 9.64 Å². The zero-order valence-electron chi connectivity index (χ0n) is 15.0. The third-order valence-corrected chi connectivity index (χ3v) is 6.03. The average Bonchev–Trinajstić information content (AvgIpc) is 2.56. The van der Waals surface area contributed by atoms with Gasteiger partial charge in [0, 0.05) is 38.4 Å². The van der Waals surface area contributed by atoms with Gasteiger partial charge in [-0.2, -0.15) is 0 Å². The molecule has 7 nitrogen and oxygen atoms in total. The Morgan fingerprint density at radius 2 is 1.80 bits per heavy atom. The van der Waals surface area contributed by atoms with Crippen molar-refractivity contribution in [2.24, 2.45) is 0 Å². The van der Waals surface area contributed by atoms with Gasteiger partial charge >= 0.3 is 5.97 Å². The van der Waals surface area contributed by atoms with Gasteiger partial charge in [-0.25, -0.2) is 13.1 Å². The number of hydrogen-bond acceptors (Lipinski definition) is 5. The van der Waals surface area contributed by atoms with Crippen LogP contribution in [-0.2, 0) is 19.6 Å². The Labute approximate surface area is 148 Å². The third-order valence-electron chi connectivity index (χ3n) is 4.49. The molecule has 25 heavy (non-hydrogen) atoms. The molecule has 0 aromatic heterocycles. The number of nitrogens with zero attached hydrogens (tertiary/aromatic N) is 1. The second-order valence-electron chi connectivity index (χ2n) is 6.22. The Kier molecular flexibility index (Phi) is 5.84. The number of carbonyl (C=O) groups is 2. The second-order valence-corrected chi connectivity index (χ2v) is 8.08. The molecule has 0 unspecified atom stereocenters. The van der Waals surface area contributed by atoms with Crippen LogP contribution in [0.3, 0.4) is 0 Å². The van der Waals surface area contributed by atoms with E-state index < -0.39 is 10.0 Å². The summed E-state index contributed by atoms with van der Waals surface area (Å²) in [5.41, 5.74) is 1.72. The van der Waals surface area contributed by atoms with Crippen LogP contribution in [-0.4, -0.2) is 51.4 Å². The molecule has 2 rings (SSSR count). The topological polar surface area (TPSA) is 92.8 Å². The van der Waals surface area contributed by atoms with Crippen molar-refractivity contribution in [1.82, 2.24) is 9.62 Å². The number of hydrogen-bond donors (Lipinski definition) is 1. The van der Waals surface area contributed by atoms with Crippen LogP contribution in [0.5, 0.6) is 0 Å². The largest absolute Gasteiger partial charge is 0.462 e. The van der Waals surface area contributed by atoms with Crippen molar-refractivity contribution in [2.75, 3.05) is 20.1 Å². The van der Waals surface area contributed by atoms with E-state index in [0.717, 1.165) is 5.56 Å². The summed E-state index contributed by atoms with van der Waals surface area (Å²) in [6.07, 6.45) is 0.997. The van der Waals surface area contributed by atoms with E-state index in [1.807, 2.05) is 0 Å². The maximum atomic E-state index is 12.8. The number of piperidine rings is 1. The normalized spacial score (nSPS) is 15.9. The average molecular weight is 368 g/mol. The summed E-state index contributed by atoms with van der Waals surface area (Å²) in [6, 6.07) is 3.14. The molecular formula is C17H24N2O5S. The maximum absolute atomic E-state index is 12.8. The highest BCUT2D eigenvalue weighted by atomic mass is 32.2. The van der Waals surface area contributed by atoms with Crippen LogP contribution in [0.25, 0.3) is 0 Å². The number of aryl methyl sites for hydroxylation is 1. The predicted molar refractivity (Wildman–Crippen MR) is 92.9 cm³/mol. The van der Waals surface area contributed by atoms with E-state index in [0.29, 0.717) is 37.1 Å². The lowest BCUT2D eigenvalue weighted by atomic mass is 10.0. The quantitative estimate of drug-likeness (QED) is 0.811. The van der Waals surface area contributed by atoms with E-state index >= 15 is 0 Å². The van der Waals surface area contributed by atoms with E-state index in [1.54, 1.807) is 24.8 Å². The molecule has 0 saturated carbocycles. The number of esters is 1. The zero-order valence-corrected chi connectivity index (χ0v) is 15.8. The minimum Gasteiger partial charge on any atom is -0.462 e. The van der Waals surface area contributed by atoms with Crippen LogP contribution in [0.15, 0.2) is 17.0 Å². The molecule has 1 aliphatic rings. The standard InChI is InChI=1S/C17H24N2O5S/c1-11-9-14(10-16(12(11)2)25(22,23)18-4)17(21)19-7-5-15(6-8-19)24-13(3)20/h9-10,15,18H,5-8H2,1-4H3. The van der Waals surface area contributed by atoms with E-state index in [4.69, 9.17) is 4.74 Å². The molecule has 1 aromatic rings. The first-order valence-corrected chi connectivity index (χ1v) is 9.65. The summed E-state index contributed by atoms with van der Waals surface area (Å²) < 4.78 is 31.8. The fourth-order valence-corrected chi connectivity index (χ4v) is 4.00. The van der Waals surface area contributed by atoms with Crippen LogP contribution < -0.4 is 4.72 Å². The molecule has 1 amide bonds. The number of rotatable bonds is 4. The number of likely N-dealkylation sites (tertiary alicyclic amines) is 1. The molecule has 1 saturated heterocycles. The third kappa shape index (κ3) is 4.38. The van der Waals surface area contributed by atoms with Gasteiger partial charge in [-0.3, -0.25) is 9.59 Å². The van der Waals surface area contributed by atoms with Gasteiger partial charge in [-0.15, -0.1) is 0 Å². The van der Waals surface area contributed by atoms with E-state index in [-0.39, 0.29) is 22.9 Å². The summed E-state index contributed by atoms with van der Waals surface area (Å²) in [4.78, 5) is 25.6. The van der Waals surface area contributed by atoms with Crippen molar-refractivity contribution < 1.29 is 22.7 Å². The zero-order chi connectivity index (χ0) is 18.8. The molecule has 1 fully saturated rings. The van der Waals surface area contributed by atoms with Crippen molar-refractivity contribution >= 4 is 21.9 Å². The smallest absolute Gasteiger partial charge is 0.302 e. The fourth-order valence-electron chi connectivity index (χ4n) is 2.93. The molecule has 0 spiro atoms. The second kappa shape index (κ2) is 7.53. The van der Waals surface area contributed by atoms with Crippen LogP contribution in [0.2, 0.25) is 0 Å². The summed E-state index contributed by atoms with van der Waals surface area (Å²) in [7, 11) is -2.29. The Bertz CT molecular complexity index is 780. The van der Waals surface area contributed by atoms with E-state index in [2.05, 4.69) is 4.72 Å². The van der Waals surface area contributed by atoms with Crippen molar-refractivity contribution in [3.8, 4) is 0 Å². The van der Waals surface area contributed by atoms with Crippen molar-refractivity contribution in [2.45, 2.75) is 44.6 Å². The molecule has 0 bridgehead atoms. The van der Waals surface area contributed by atoms with Crippen LogP contribution >= 0.6 is 0 Å². The van der Waals surface area contributed by atoms with Crippen molar-refractivity contribution in [3.63, 3.8) is 0 Å². The molecular weight excluding hydrogens is 344 g/mol. The summed E-state index contributed by atoms with van der Waals surface area (Å²) in [5.74, 6) is -0.530. The first kappa shape index (κ1) is 19.4. The highest BCUT2D eigenvalue weighted by molar-refractivity contribution is 7.89. The molecule has 1 heterocycles. The Hall–Kier alpha value is -1.93. The lowest BCUT2D eigenvalue weighted by molar-refractivity contribution is -0.148. The van der Waals surface area contributed by atoms with Gasteiger partial charge in [0.25, 0.3) is 5.91 Å². The Morgan fingerprint density at radius 1 is 1.20 bits per heavy atom. The van der Waals surface area contributed by atoms with E-state index in [1.165, 1.54) is 20.0 Å². The molecule has 8 heteroatoms. The predicted octanol–water partition coefficient (Wildman–Crippen LogP) is 1.38. The maximum Gasteiger partial charge on any atom is 0.302 e. The van der Waals surface area contributed by atoms with Gasteiger partial charge in [-0.1, -0.05) is 0 Å². The summed E-state index contributed by atoms with van der Waals surface area (Å²) in [6.45, 7) is 5.82. The molecule has 138 valence electrons. The number of nitrogens with one attached hydrogen (secondary N) is 1. The minimum absolute atomic E-state index is 0.119. The van der Waals surface area contributed by atoms with Crippen molar-refractivity contribution in [3.05, 3.63) is 28.8 Å². The SMILES string of the molecule is CNS(=O)(=O)c1cc(C(=O)N2CCC(OC(C)=O)CC2)cc(C)c1C.